The fourth-order valence-electron chi connectivity index (χ4n) is 3.44. The first-order valence-corrected chi connectivity index (χ1v) is 12.4. The molecule has 204 valence electrons. The van der Waals surface area contributed by atoms with E-state index in [4.69, 9.17) is 14.2 Å². The Labute approximate surface area is 227 Å². The molecule has 0 aliphatic heterocycles. The molecule has 3 amide bonds. The summed E-state index contributed by atoms with van der Waals surface area (Å²) in [4.78, 5) is 36.9. The number of aryl methyl sites for hydroxylation is 2. The Morgan fingerprint density at radius 3 is 2.28 bits per heavy atom. The number of amides is 3. The van der Waals surface area contributed by atoms with Gasteiger partial charge in [-0.1, -0.05) is 24.3 Å². The highest BCUT2D eigenvalue weighted by atomic mass is 16.5. The van der Waals surface area contributed by atoms with Crippen molar-refractivity contribution in [1.29, 1.82) is 0 Å². The van der Waals surface area contributed by atoms with Crippen molar-refractivity contribution in [2.45, 2.75) is 27.7 Å². The SMILES string of the molecule is CCOc1ccccc1NC(=O)C(=O)N/N=C\c1ccc(OCC(=O)Nc2cc(C)ccc2C)c(OCC)c1. The van der Waals surface area contributed by atoms with Crippen LogP contribution >= 0.6 is 0 Å². The lowest BCUT2D eigenvalue weighted by Gasteiger charge is -2.13. The number of anilines is 2. The van der Waals surface area contributed by atoms with Crippen molar-refractivity contribution < 1.29 is 28.6 Å². The minimum atomic E-state index is -0.947. The van der Waals surface area contributed by atoms with Gasteiger partial charge < -0.3 is 24.8 Å². The molecular weight excluding hydrogens is 500 g/mol. The number of carbonyl (C=O) groups is 3. The summed E-state index contributed by atoms with van der Waals surface area (Å²) in [6, 6.07) is 17.6. The van der Waals surface area contributed by atoms with Crippen LogP contribution in [0.2, 0.25) is 0 Å². The molecule has 10 nitrogen and oxygen atoms in total. The van der Waals surface area contributed by atoms with E-state index in [2.05, 4.69) is 21.2 Å². The Morgan fingerprint density at radius 1 is 0.769 bits per heavy atom. The maximum Gasteiger partial charge on any atom is 0.329 e. The second-order valence-corrected chi connectivity index (χ2v) is 8.38. The van der Waals surface area contributed by atoms with E-state index in [0.29, 0.717) is 41.7 Å². The van der Waals surface area contributed by atoms with Crippen molar-refractivity contribution in [3.8, 4) is 17.2 Å². The molecule has 0 saturated carbocycles. The first-order chi connectivity index (χ1) is 18.8. The van der Waals surface area contributed by atoms with Gasteiger partial charge in [-0.25, -0.2) is 5.43 Å². The Bertz CT molecular complexity index is 1360. The van der Waals surface area contributed by atoms with Crippen molar-refractivity contribution in [1.82, 2.24) is 5.43 Å². The Hall–Kier alpha value is -4.86. The molecule has 39 heavy (non-hydrogen) atoms. The summed E-state index contributed by atoms with van der Waals surface area (Å²) < 4.78 is 16.8. The molecule has 0 aromatic heterocycles. The number of benzene rings is 3. The van der Waals surface area contributed by atoms with Crippen molar-refractivity contribution in [3.05, 3.63) is 77.4 Å². The first kappa shape index (κ1) is 28.7. The largest absolute Gasteiger partial charge is 0.492 e. The molecule has 0 aliphatic carbocycles. The zero-order chi connectivity index (χ0) is 28.2. The van der Waals surface area contributed by atoms with Crippen molar-refractivity contribution in [2.75, 3.05) is 30.5 Å². The van der Waals surface area contributed by atoms with Crippen molar-refractivity contribution in [2.24, 2.45) is 5.10 Å². The zero-order valence-electron chi connectivity index (χ0n) is 22.4. The fraction of sp³-hybridized carbons (Fsp3) is 0.241. The molecule has 0 aliphatic rings. The fourth-order valence-corrected chi connectivity index (χ4v) is 3.44. The number of rotatable bonds is 11. The lowest BCUT2D eigenvalue weighted by atomic mass is 10.1. The second kappa shape index (κ2) is 14.2. The Balaban J connectivity index is 1.58. The number of hydrogen-bond donors (Lipinski definition) is 3. The van der Waals surface area contributed by atoms with Gasteiger partial charge in [-0.15, -0.1) is 0 Å². The van der Waals surface area contributed by atoms with Gasteiger partial charge in [0.15, 0.2) is 18.1 Å². The van der Waals surface area contributed by atoms with E-state index >= 15 is 0 Å². The lowest BCUT2D eigenvalue weighted by molar-refractivity contribution is -0.136. The smallest absolute Gasteiger partial charge is 0.329 e. The van der Waals surface area contributed by atoms with Gasteiger partial charge in [0.1, 0.15) is 5.75 Å². The zero-order valence-corrected chi connectivity index (χ0v) is 22.4. The van der Waals surface area contributed by atoms with Gasteiger partial charge in [0.25, 0.3) is 5.91 Å². The topological polar surface area (TPSA) is 127 Å². The van der Waals surface area contributed by atoms with Gasteiger partial charge in [0.2, 0.25) is 0 Å². The maximum atomic E-state index is 12.4. The monoisotopic (exact) mass is 532 g/mol. The van der Waals surface area contributed by atoms with Crippen LogP contribution in [0.5, 0.6) is 17.2 Å². The molecule has 0 spiro atoms. The Morgan fingerprint density at radius 2 is 1.51 bits per heavy atom. The van der Waals surface area contributed by atoms with E-state index in [-0.39, 0.29) is 12.5 Å². The second-order valence-electron chi connectivity index (χ2n) is 8.38. The van der Waals surface area contributed by atoms with Gasteiger partial charge >= 0.3 is 11.8 Å². The number of hydrazone groups is 1. The average molecular weight is 533 g/mol. The molecule has 0 fully saturated rings. The van der Waals surface area contributed by atoms with E-state index in [0.717, 1.165) is 16.8 Å². The van der Waals surface area contributed by atoms with Crippen LogP contribution in [-0.4, -0.2) is 43.8 Å². The van der Waals surface area contributed by atoms with E-state index in [1.807, 2.05) is 45.9 Å². The summed E-state index contributed by atoms with van der Waals surface area (Å²) >= 11 is 0. The molecule has 10 heteroatoms. The molecule has 3 rings (SSSR count). The van der Waals surface area contributed by atoms with Gasteiger partial charge in [-0.2, -0.15) is 5.10 Å². The van der Waals surface area contributed by atoms with Gasteiger partial charge in [0.05, 0.1) is 25.1 Å². The summed E-state index contributed by atoms with van der Waals surface area (Å²) in [6.45, 7) is 8.08. The van der Waals surface area contributed by atoms with Crippen LogP contribution in [-0.2, 0) is 14.4 Å². The highest BCUT2D eigenvalue weighted by molar-refractivity contribution is 6.39. The molecular formula is C29H32N4O6. The van der Waals surface area contributed by atoms with Crippen molar-refractivity contribution >= 4 is 35.3 Å². The molecule has 3 N–H and O–H groups in total. The summed E-state index contributed by atoms with van der Waals surface area (Å²) in [5.74, 6) is -0.909. The number of nitrogens with zero attached hydrogens (tertiary/aromatic N) is 1. The minimum absolute atomic E-state index is 0.210. The quantitative estimate of drug-likeness (QED) is 0.193. The summed E-state index contributed by atoms with van der Waals surface area (Å²) in [7, 11) is 0. The number of ether oxygens (including phenoxy) is 3. The predicted octanol–water partition coefficient (Wildman–Crippen LogP) is 4.21. The summed E-state index contributed by atoms with van der Waals surface area (Å²) in [5, 5.41) is 9.21. The van der Waals surface area contributed by atoms with E-state index < -0.39 is 11.8 Å². The standard InChI is InChI=1S/C29H32N4O6/c1-5-37-24-10-8-7-9-22(24)32-28(35)29(36)33-30-17-21-13-14-25(26(16-21)38-6-2)39-18-27(34)31-23-15-19(3)11-12-20(23)4/h7-17H,5-6,18H2,1-4H3,(H,31,34)(H,32,35)(H,33,36)/b30-17-. The van der Waals surface area contributed by atoms with Crippen LogP contribution in [0.25, 0.3) is 0 Å². The highest BCUT2D eigenvalue weighted by Crippen LogP contribution is 2.28. The van der Waals surface area contributed by atoms with Gasteiger partial charge in [0, 0.05) is 5.69 Å². The third-order valence-electron chi connectivity index (χ3n) is 5.31. The predicted molar refractivity (Wildman–Crippen MR) is 150 cm³/mol. The third-order valence-corrected chi connectivity index (χ3v) is 5.31. The number of nitrogens with one attached hydrogen (secondary N) is 3. The first-order valence-electron chi connectivity index (χ1n) is 12.4. The van der Waals surface area contributed by atoms with Crippen molar-refractivity contribution in [3.63, 3.8) is 0 Å². The summed E-state index contributed by atoms with van der Waals surface area (Å²) in [5.41, 5.74) is 5.87. The van der Waals surface area contributed by atoms with Gasteiger partial charge in [-0.3, -0.25) is 14.4 Å². The van der Waals surface area contributed by atoms with Gasteiger partial charge in [-0.05, 0) is 80.8 Å². The average Bonchev–Trinajstić information content (AvgIpc) is 2.91. The molecule has 0 bridgehead atoms. The lowest BCUT2D eigenvalue weighted by Crippen LogP contribution is -2.32. The maximum absolute atomic E-state index is 12.4. The van der Waals surface area contributed by atoms with Crippen LogP contribution in [0, 0.1) is 13.8 Å². The molecule has 0 saturated heterocycles. The molecule has 3 aromatic carbocycles. The molecule has 0 radical (unpaired) electrons. The van der Waals surface area contributed by atoms with Crippen LogP contribution in [0.15, 0.2) is 65.8 Å². The minimum Gasteiger partial charge on any atom is -0.492 e. The summed E-state index contributed by atoms with van der Waals surface area (Å²) in [6.07, 6.45) is 1.36. The van der Waals surface area contributed by atoms with E-state index in [1.54, 1.807) is 42.5 Å². The highest BCUT2D eigenvalue weighted by Gasteiger charge is 2.15. The number of para-hydroxylation sites is 2. The van der Waals surface area contributed by atoms with Crippen LogP contribution in [0.4, 0.5) is 11.4 Å². The van der Waals surface area contributed by atoms with Crippen LogP contribution in [0.3, 0.4) is 0 Å². The van der Waals surface area contributed by atoms with E-state index in [9.17, 15) is 14.4 Å². The normalized spacial score (nSPS) is 10.6. The third kappa shape index (κ3) is 8.60. The molecule has 3 aromatic rings. The van der Waals surface area contributed by atoms with Crippen LogP contribution in [0.1, 0.15) is 30.5 Å². The van der Waals surface area contributed by atoms with E-state index in [1.165, 1.54) is 6.21 Å². The molecule has 0 atom stereocenters. The number of hydrogen-bond acceptors (Lipinski definition) is 7. The Kier molecular flexibility index (Phi) is 10.4. The number of carbonyl (C=O) groups excluding carboxylic acids is 3. The molecule has 0 heterocycles. The molecule has 0 unspecified atom stereocenters. The van der Waals surface area contributed by atoms with Crippen LogP contribution < -0.4 is 30.3 Å².